The molecule has 0 aliphatic heterocycles. The first-order valence-electron chi connectivity index (χ1n) is 9.60. The summed E-state index contributed by atoms with van der Waals surface area (Å²) in [5.41, 5.74) is 2.17. The van der Waals surface area contributed by atoms with E-state index in [1.54, 1.807) is 0 Å². The first-order chi connectivity index (χ1) is 12.7. The van der Waals surface area contributed by atoms with E-state index < -0.39 is 0 Å². The van der Waals surface area contributed by atoms with Crippen LogP contribution in [-0.2, 0) is 13.2 Å². The maximum atomic E-state index is 6.22. The zero-order valence-electron chi connectivity index (χ0n) is 15.1. The van der Waals surface area contributed by atoms with E-state index in [0.717, 1.165) is 33.5 Å². The number of ether oxygens (including phenoxy) is 1. The fourth-order valence-corrected chi connectivity index (χ4v) is 3.94. The predicted octanol–water partition coefficient (Wildman–Crippen LogP) is 6.77. The highest BCUT2D eigenvalue weighted by molar-refractivity contribution is 6.30. The molecule has 1 aliphatic carbocycles. The Morgan fingerprint density at radius 3 is 2.38 bits per heavy atom. The molecule has 0 heterocycles. The van der Waals surface area contributed by atoms with Crippen molar-refractivity contribution < 1.29 is 4.74 Å². The van der Waals surface area contributed by atoms with Crippen LogP contribution in [-0.4, -0.2) is 6.04 Å². The Morgan fingerprint density at radius 2 is 1.62 bits per heavy atom. The van der Waals surface area contributed by atoms with E-state index in [0.29, 0.717) is 12.6 Å². The van der Waals surface area contributed by atoms with Gasteiger partial charge in [-0.2, -0.15) is 0 Å². The maximum Gasteiger partial charge on any atom is 0.124 e. The average Bonchev–Trinajstić information content (AvgIpc) is 2.60. The molecule has 26 heavy (non-hydrogen) atoms. The van der Waals surface area contributed by atoms with Crippen LogP contribution >= 0.6 is 23.2 Å². The van der Waals surface area contributed by atoms with E-state index in [2.05, 4.69) is 5.32 Å². The minimum absolute atomic E-state index is 0.499. The molecule has 1 fully saturated rings. The molecule has 0 saturated heterocycles. The minimum Gasteiger partial charge on any atom is -0.489 e. The molecule has 0 bridgehead atoms. The van der Waals surface area contributed by atoms with Gasteiger partial charge < -0.3 is 10.1 Å². The van der Waals surface area contributed by atoms with E-state index >= 15 is 0 Å². The molecule has 4 heteroatoms. The number of benzene rings is 2. The van der Waals surface area contributed by atoms with Gasteiger partial charge in [-0.25, -0.2) is 0 Å². The molecule has 2 nitrogen and oxygen atoms in total. The van der Waals surface area contributed by atoms with Crippen LogP contribution in [0.4, 0.5) is 0 Å². The van der Waals surface area contributed by atoms with Crippen molar-refractivity contribution in [3.05, 3.63) is 63.6 Å². The van der Waals surface area contributed by atoms with Gasteiger partial charge in [-0.1, -0.05) is 67.4 Å². The van der Waals surface area contributed by atoms with Crippen LogP contribution in [0.3, 0.4) is 0 Å². The monoisotopic (exact) mass is 391 g/mol. The third kappa shape index (κ3) is 6.19. The molecule has 1 saturated carbocycles. The summed E-state index contributed by atoms with van der Waals surface area (Å²) < 4.78 is 6.06. The van der Waals surface area contributed by atoms with Gasteiger partial charge in [0.25, 0.3) is 0 Å². The number of halogens is 2. The van der Waals surface area contributed by atoms with Gasteiger partial charge in [0, 0.05) is 28.2 Å². The Morgan fingerprint density at radius 1 is 0.885 bits per heavy atom. The standard InChI is InChI=1S/C22H27Cl2NO/c23-19-8-6-7-17(13-19)16-26-22-12-11-20(24)14-18(22)15-25-21-9-4-2-1-3-5-10-21/h6-8,11-14,21,25H,1-5,9-10,15-16H2. The lowest BCUT2D eigenvalue weighted by Crippen LogP contribution is -2.29. The van der Waals surface area contributed by atoms with E-state index in [1.807, 2.05) is 42.5 Å². The predicted molar refractivity (Wildman–Crippen MR) is 110 cm³/mol. The highest BCUT2D eigenvalue weighted by Crippen LogP contribution is 2.25. The van der Waals surface area contributed by atoms with Crippen molar-refractivity contribution in [2.45, 2.75) is 64.1 Å². The smallest absolute Gasteiger partial charge is 0.124 e. The fraction of sp³-hybridized carbons (Fsp3) is 0.455. The van der Waals surface area contributed by atoms with E-state index in [4.69, 9.17) is 27.9 Å². The normalized spacial score (nSPS) is 16.1. The number of nitrogens with one attached hydrogen (secondary N) is 1. The molecule has 0 aromatic heterocycles. The lowest BCUT2D eigenvalue weighted by Gasteiger charge is -2.22. The highest BCUT2D eigenvalue weighted by atomic mass is 35.5. The van der Waals surface area contributed by atoms with Crippen LogP contribution in [0, 0.1) is 0 Å². The third-order valence-electron chi connectivity index (χ3n) is 4.99. The quantitative estimate of drug-likeness (QED) is 0.585. The second-order valence-corrected chi connectivity index (χ2v) is 7.97. The van der Waals surface area contributed by atoms with Gasteiger partial charge in [-0.05, 0) is 48.7 Å². The van der Waals surface area contributed by atoms with Crippen molar-refractivity contribution in [3.8, 4) is 5.75 Å². The summed E-state index contributed by atoms with van der Waals surface area (Å²) in [6, 6.07) is 14.2. The van der Waals surface area contributed by atoms with Crippen molar-refractivity contribution in [2.24, 2.45) is 0 Å². The molecule has 2 aromatic carbocycles. The van der Waals surface area contributed by atoms with E-state index in [-0.39, 0.29) is 0 Å². The molecule has 0 amide bonds. The molecule has 3 rings (SSSR count). The molecular weight excluding hydrogens is 365 g/mol. The molecule has 1 N–H and O–H groups in total. The highest BCUT2D eigenvalue weighted by Gasteiger charge is 2.12. The Bertz CT molecular complexity index is 696. The summed E-state index contributed by atoms with van der Waals surface area (Å²) in [5, 5.41) is 5.20. The Kier molecular flexibility index (Phi) is 7.67. The lowest BCUT2D eigenvalue weighted by atomic mass is 9.96. The summed E-state index contributed by atoms with van der Waals surface area (Å²) in [6.07, 6.45) is 9.30. The number of rotatable bonds is 6. The lowest BCUT2D eigenvalue weighted by molar-refractivity contribution is 0.300. The van der Waals surface area contributed by atoms with E-state index in [9.17, 15) is 0 Å². The molecule has 0 radical (unpaired) electrons. The summed E-state index contributed by atoms with van der Waals surface area (Å²) >= 11 is 12.3. The molecule has 0 atom stereocenters. The Labute approximate surface area is 166 Å². The van der Waals surface area contributed by atoms with Gasteiger partial charge in [0.2, 0.25) is 0 Å². The van der Waals surface area contributed by atoms with Gasteiger partial charge in [0.15, 0.2) is 0 Å². The van der Waals surface area contributed by atoms with Gasteiger partial charge in [-0.3, -0.25) is 0 Å². The van der Waals surface area contributed by atoms with Crippen molar-refractivity contribution >= 4 is 23.2 Å². The molecule has 140 valence electrons. The van der Waals surface area contributed by atoms with Crippen LogP contribution in [0.1, 0.15) is 56.1 Å². The SMILES string of the molecule is Clc1cccc(COc2ccc(Cl)cc2CNC2CCCCCCC2)c1. The van der Waals surface area contributed by atoms with Crippen molar-refractivity contribution in [1.29, 1.82) is 0 Å². The summed E-state index contributed by atoms with van der Waals surface area (Å²) in [7, 11) is 0. The zero-order valence-corrected chi connectivity index (χ0v) is 16.7. The first kappa shape index (κ1) is 19.5. The summed E-state index contributed by atoms with van der Waals surface area (Å²) in [5.74, 6) is 0.882. The third-order valence-corrected chi connectivity index (χ3v) is 5.46. The second-order valence-electron chi connectivity index (χ2n) is 7.09. The molecule has 0 unspecified atom stereocenters. The zero-order chi connectivity index (χ0) is 18.2. The van der Waals surface area contributed by atoms with Crippen LogP contribution < -0.4 is 10.1 Å². The topological polar surface area (TPSA) is 21.3 Å². The largest absolute Gasteiger partial charge is 0.489 e. The van der Waals surface area contributed by atoms with Crippen LogP contribution in [0.25, 0.3) is 0 Å². The second kappa shape index (κ2) is 10.2. The summed E-state index contributed by atoms with van der Waals surface area (Å²) in [4.78, 5) is 0. The number of hydrogen-bond donors (Lipinski definition) is 1. The maximum absolute atomic E-state index is 6.22. The van der Waals surface area contributed by atoms with Gasteiger partial charge in [0.1, 0.15) is 12.4 Å². The average molecular weight is 392 g/mol. The first-order valence-corrected chi connectivity index (χ1v) is 10.4. The van der Waals surface area contributed by atoms with Crippen LogP contribution in [0.2, 0.25) is 10.0 Å². The summed E-state index contributed by atoms with van der Waals surface area (Å²) in [6.45, 7) is 1.29. The molecular formula is C22H27Cl2NO. The van der Waals surface area contributed by atoms with Gasteiger partial charge >= 0.3 is 0 Å². The van der Waals surface area contributed by atoms with Crippen LogP contribution in [0.15, 0.2) is 42.5 Å². The van der Waals surface area contributed by atoms with Crippen LogP contribution in [0.5, 0.6) is 5.75 Å². The molecule has 0 spiro atoms. The van der Waals surface area contributed by atoms with Crippen molar-refractivity contribution in [3.63, 3.8) is 0 Å². The van der Waals surface area contributed by atoms with Crippen molar-refractivity contribution in [2.75, 3.05) is 0 Å². The van der Waals surface area contributed by atoms with Gasteiger partial charge in [-0.15, -0.1) is 0 Å². The van der Waals surface area contributed by atoms with E-state index in [1.165, 1.54) is 44.9 Å². The molecule has 1 aliphatic rings. The van der Waals surface area contributed by atoms with Crippen molar-refractivity contribution in [1.82, 2.24) is 5.32 Å². The number of hydrogen-bond acceptors (Lipinski definition) is 2. The Balaban J connectivity index is 1.61. The van der Waals surface area contributed by atoms with Gasteiger partial charge in [0.05, 0.1) is 0 Å². The minimum atomic E-state index is 0.499. The molecule has 2 aromatic rings. The fourth-order valence-electron chi connectivity index (χ4n) is 3.53. The Hall–Kier alpha value is -1.22.